The molecule has 5 nitrogen and oxygen atoms in total. The van der Waals surface area contributed by atoms with E-state index in [4.69, 9.17) is 11.6 Å². The molecule has 23 heavy (non-hydrogen) atoms. The van der Waals surface area contributed by atoms with Crippen LogP contribution in [0.2, 0.25) is 5.02 Å². The minimum Gasteiger partial charge on any atom is -0.317 e. The Balaban J connectivity index is 2.13. The van der Waals surface area contributed by atoms with E-state index >= 15 is 0 Å². The number of aromatic nitrogens is 3. The Morgan fingerprint density at radius 2 is 2.17 bits per heavy atom. The average Bonchev–Trinajstić information content (AvgIpc) is 3.10. The van der Waals surface area contributed by atoms with Crippen LogP contribution in [0.15, 0.2) is 35.5 Å². The highest BCUT2D eigenvalue weighted by Gasteiger charge is 2.14. The molecular formula is C16H17ClN4OS. The number of aryl methyl sites for hydroxylation is 1. The number of carbonyl (C=O) groups excluding carboxylic acids is 1. The first-order chi connectivity index (χ1) is 11.0. The van der Waals surface area contributed by atoms with Crippen LogP contribution in [0.25, 0.3) is 10.2 Å². The molecule has 2 aromatic heterocycles. The number of halogens is 1. The summed E-state index contributed by atoms with van der Waals surface area (Å²) in [5.41, 5.74) is 1.53. The lowest BCUT2D eigenvalue weighted by Crippen LogP contribution is -2.18. The smallest absolute Gasteiger partial charge is 0.297 e. The van der Waals surface area contributed by atoms with Crippen LogP contribution in [0.5, 0.6) is 0 Å². The van der Waals surface area contributed by atoms with E-state index in [1.165, 1.54) is 11.3 Å². The van der Waals surface area contributed by atoms with Crippen LogP contribution in [0.4, 0.5) is 0 Å². The van der Waals surface area contributed by atoms with Crippen LogP contribution in [-0.2, 0) is 6.54 Å². The summed E-state index contributed by atoms with van der Waals surface area (Å²) in [5.74, 6) is -0.281. The highest BCUT2D eigenvalue weighted by molar-refractivity contribution is 7.16. The maximum Gasteiger partial charge on any atom is 0.297 e. The van der Waals surface area contributed by atoms with Crippen LogP contribution in [0, 0.1) is 0 Å². The van der Waals surface area contributed by atoms with Crippen molar-refractivity contribution in [3.8, 4) is 0 Å². The number of thiazole rings is 1. The van der Waals surface area contributed by atoms with Gasteiger partial charge in [0.2, 0.25) is 0 Å². The molecule has 3 aromatic rings. The Morgan fingerprint density at radius 1 is 1.39 bits per heavy atom. The van der Waals surface area contributed by atoms with Crippen molar-refractivity contribution in [2.75, 3.05) is 0 Å². The molecule has 0 saturated heterocycles. The van der Waals surface area contributed by atoms with Gasteiger partial charge in [-0.2, -0.15) is 10.1 Å². The van der Waals surface area contributed by atoms with Crippen molar-refractivity contribution in [1.82, 2.24) is 14.3 Å². The van der Waals surface area contributed by atoms with E-state index in [9.17, 15) is 4.79 Å². The summed E-state index contributed by atoms with van der Waals surface area (Å²) in [7, 11) is 0. The maximum absolute atomic E-state index is 12.6. The molecule has 0 aliphatic rings. The van der Waals surface area contributed by atoms with Gasteiger partial charge >= 0.3 is 0 Å². The minimum atomic E-state index is -0.281. The first kappa shape index (κ1) is 16.0. The highest BCUT2D eigenvalue weighted by Crippen LogP contribution is 2.22. The van der Waals surface area contributed by atoms with Crippen LogP contribution < -0.4 is 4.80 Å². The Bertz CT molecular complexity index is 935. The average molecular weight is 349 g/mol. The topological polar surface area (TPSA) is 52.2 Å². The Labute approximate surface area is 142 Å². The number of carbonyl (C=O) groups is 1. The quantitative estimate of drug-likeness (QED) is 0.721. The van der Waals surface area contributed by atoms with Gasteiger partial charge in [-0.25, -0.2) is 0 Å². The number of nitrogens with zero attached hydrogens (tertiary/aromatic N) is 4. The standard InChI is InChI=1S/C16H17ClN4OS/c1-4-20-12-6-5-11(17)9-14(12)23-16(20)19-15(22)13-7-8-18-21(13)10(2)3/h5-10H,4H2,1-3H3. The predicted molar refractivity (Wildman–Crippen MR) is 93.0 cm³/mol. The molecule has 0 atom stereocenters. The number of hydrogen-bond acceptors (Lipinski definition) is 3. The van der Waals surface area contributed by atoms with Gasteiger partial charge in [0.05, 0.1) is 10.2 Å². The molecule has 0 spiro atoms. The number of rotatable bonds is 3. The molecule has 0 N–H and O–H groups in total. The van der Waals surface area contributed by atoms with E-state index < -0.39 is 0 Å². The Morgan fingerprint density at radius 3 is 2.87 bits per heavy atom. The van der Waals surface area contributed by atoms with Crippen molar-refractivity contribution in [3.05, 3.63) is 46.0 Å². The molecule has 2 heterocycles. The molecule has 7 heteroatoms. The maximum atomic E-state index is 12.6. The van der Waals surface area contributed by atoms with Gasteiger partial charge in [0, 0.05) is 23.8 Å². The second-order valence-corrected chi connectivity index (χ2v) is 6.86. The van der Waals surface area contributed by atoms with Gasteiger partial charge in [0.1, 0.15) is 5.69 Å². The normalized spacial score (nSPS) is 12.5. The monoisotopic (exact) mass is 348 g/mol. The lowest BCUT2D eigenvalue weighted by Gasteiger charge is -2.07. The lowest BCUT2D eigenvalue weighted by atomic mass is 10.3. The summed E-state index contributed by atoms with van der Waals surface area (Å²) in [6.45, 7) is 6.73. The zero-order valence-electron chi connectivity index (χ0n) is 13.2. The van der Waals surface area contributed by atoms with E-state index in [0.717, 1.165) is 16.8 Å². The van der Waals surface area contributed by atoms with E-state index in [2.05, 4.69) is 10.1 Å². The molecule has 0 aliphatic heterocycles. The van der Waals surface area contributed by atoms with Crippen LogP contribution in [0.1, 0.15) is 37.3 Å². The third kappa shape index (κ3) is 2.96. The molecule has 1 amide bonds. The summed E-state index contributed by atoms with van der Waals surface area (Å²) < 4.78 is 4.72. The van der Waals surface area contributed by atoms with Gasteiger partial charge in [-0.1, -0.05) is 22.9 Å². The molecular weight excluding hydrogens is 332 g/mol. The summed E-state index contributed by atoms with van der Waals surface area (Å²) >= 11 is 7.52. The lowest BCUT2D eigenvalue weighted by molar-refractivity contribution is 0.0986. The van der Waals surface area contributed by atoms with Gasteiger partial charge < -0.3 is 4.57 Å². The van der Waals surface area contributed by atoms with E-state index in [-0.39, 0.29) is 11.9 Å². The first-order valence-corrected chi connectivity index (χ1v) is 8.62. The van der Waals surface area contributed by atoms with Crippen molar-refractivity contribution in [2.45, 2.75) is 33.4 Å². The summed E-state index contributed by atoms with van der Waals surface area (Å²) in [4.78, 5) is 17.5. The molecule has 0 bridgehead atoms. The Kier molecular flexibility index (Phi) is 4.37. The van der Waals surface area contributed by atoms with E-state index in [1.807, 2.05) is 43.5 Å². The fraction of sp³-hybridized carbons (Fsp3) is 0.312. The van der Waals surface area contributed by atoms with E-state index in [0.29, 0.717) is 15.5 Å². The molecule has 1 aromatic carbocycles. The molecule has 0 radical (unpaired) electrons. The zero-order chi connectivity index (χ0) is 16.6. The number of hydrogen-bond donors (Lipinski definition) is 0. The fourth-order valence-corrected chi connectivity index (χ4v) is 3.85. The first-order valence-electron chi connectivity index (χ1n) is 7.42. The van der Waals surface area contributed by atoms with Crippen LogP contribution in [0.3, 0.4) is 0 Å². The molecule has 0 saturated carbocycles. The second-order valence-electron chi connectivity index (χ2n) is 5.41. The van der Waals surface area contributed by atoms with Crippen molar-refractivity contribution in [1.29, 1.82) is 0 Å². The molecule has 120 valence electrons. The van der Waals surface area contributed by atoms with Gasteiger partial charge in [-0.15, -0.1) is 0 Å². The van der Waals surface area contributed by atoms with Crippen molar-refractivity contribution < 1.29 is 4.79 Å². The Hall–Kier alpha value is -1.92. The summed E-state index contributed by atoms with van der Waals surface area (Å²) in [5, 5.41) is 4.87. The van der Waals surface area contributed by atoms with Crippen molar-refractivity contribution in [3.63, 3.8) is 0 Å². The molecule has 0 aliphatic carbocycles. The van der Waals surface area contributed by atoms with Gasteiger partial charge in [0.15, 0.2) is 4.80 Å². The van der Waals surface area contributed by atoms with Crippen LogP contribution >= 0.6 is 22.9 Å². The second kappa shape index (κ2) is 6.29. The third-order valence-electron chi connectivity index (χ3n) is 3.54. The number of fused-ring (bicyclic) bond motifs is 1. The van der Waals surface area contributed by atoms with Gasteiger partial charge in [0.25, 0.3) is 5.91 Å². The molecule has 3 rings (SSSR count). The summed E-state index contributed by atoms with van der Waals surface area (Å²) in [6, 6.07) is 7.52. The van der Waals surface area contributed by atoms with E-state index in [1.54, 1.807) is 16.9 Å². The summed E-state index contributed by atoms with van der Waals surface area (Å²) in [6.07, 6.45) is 1.63. The predicted octanol–water partition coefficient (Wildman–Crippen LogP) is 3.89. The number of benzene rings is 1. The largest absolute Gasteiger partial charge is 0.317 e. The van der Waals surface area contributed by atoms with Crippen molar-refractivity contribution in [2.24, 2.45) is 4.99 Å². The fourth-order valence-electron chi connectivity index (χ4n) is 2.48. The third-order valence-corrected chi connectivity index (χ3v) is 4.81. The highest BCUT2D eigenvalue weighted by atomic mass is 35.5. The van der Waals surface area contributed by atoms with Gasteiger partial charge in [-0.05, 0) is 45.0 Å². The molecule has 0 unspecified atom stereocenters. The zero-order valence-corrected chi connectivity index (χ0v) is 14.7. The minimum absolute atomic E-state index is 0.110. The van der Waals surface area contributed by atoms with Crippen molar-refractivity contribution >= 4 is 39.1 Å². The van der Waals surface area contributed by atoms with Crippen LogP contribution in [-0.4, -0.2) is 20.3 Å². The molecule has 0 fully saturated rings. The number of amides is 1. The van der Waals surface area contributed by atoms with Gasteiger partial charge in [-0.3, -0.25) is 9.48 Å². The SMILES string of the molecule is CCn1c(=NC(=O)c2ccnn2C(C)C)sc2cc(Cl)ccc21.